The lowest BCUT2D eigenvalue weighted by Gasteiger charge is -2.20. The van der Waals surface area contributed by atoms with Crippen molar-refractivity contribution in [1.29, 1.82) is 0 Å². The molecule has 2 aliphatic rings. The Kier molecular flexibility index (Phi) is 5.35. The molecule has 26 heavy (non-hydrogen) atoms. The largest absolute Gasteiger partial charge is 0.392 e. The third-order valence-corrected chi connectivity index (χ3v) is 4.97. The van der Waals surface area contributed by atoms with E-state index in [-0.39, 0.29) is 6.10 Å². The molecule has 4 heteroatoms. The molecule has 0 bridgehead atoms. The van der Waals surface area contributed by atoms with Gasteiger partial charge in [0.2, 0.25) is 0 Å². The maximum Gasteiger partial charge on any atom is 0.127 e. The summed E-state index contributed by atoms with van der Waals surface area (Å²) in [6, 6.07) is 8.34. The van der Waals surface area contributed by atoms with Crippen molar-refractivity contribution in [2.75, 3.05) is 0 Å². The van der Waals surface area contributed by atoms with Crippen LogP contribution in [0.25, 0.3) is 0 Å². The summed E-state index contributed by atoms with van der Waals surface area (Å²) >= 11 is 0. The van der Waals surface area contributed by atoms with Crippen LogP contribution in [0.4, 0.5) is 0 Å². The van der Waals surface area contributed by atoms with Gasteiger partial charge in [-0.2, -0.15) is 0 Å². The summed E-state index contributed by atoms with van der Waals surface area (Å²) in [5, 5.41) is 4.54. The number of imidazole rings is 1. The normalized spacial score (nSPS) is 18.2. The fourth-order valence-electron chi connectivity index (χ4n) is 3.19. The fourth-order valence-corrected chi connectivity index (χ4v) is 3.19. The molecule has 0 N–H and O–H groups in total. The quantitative estimate of drug-likeness (QED) is 0.457. The maximum atomic E-state index is 5.89. The van der Waals surface area contributed by atoms with Gasteiger partial charge in [-0.1, -0.05) is 35.6 Å². The number of benzene rings is 1. The lowest BCUT2D eigenvalue weighted by atomic mass is 9.98. The highest BCUT2D eigenvalue weighted by atomic mass is 16.6. The minimum atomic E-state index is 0.255. The topological polar surface area (TPSA) is 39.4 Å². The van der Waals surface area contributed by atoms with Crippen LogP contribution in [-0.4, -0.2) is 21.4 Å². The van der Waals surface area contributed by atoms with Crippen molar-refractivity contribution in [2.45, 2.75) is 57.6 Å². The number of rotatable bonds is 5. The summed E-state index contributed by atoms with van der Waals surface area (Å²) < 4.78 is 2.02. The average molecular weight is 347 g/mol. The van der Waals surface area contributed by atoms with E-state index in [1.807, 2.05) is 17.1 Å². The molecule has 0 spiro atoms. The van der Waals surface area contributed by atoms with E-state index in [4.69, 9.17) is 4.84 Å². The van der Waals surface area contributed by atoms with E-state index in [1.165, 1.54) is 32.1 Å². The Morgan fingerprint density at radius 1 is 1.12 bits per heavy atom. The smallest absolute Gasteiger partial charge is 0.127 e. The molecule has 0 atom stereocenters. The molecule has 1 aromatic heterocycles. The van der Waals surface area contributed by atoms with Crippen LogP contribution < -0.4 is 0 Å². The summed E-state index contributed by atoms with van der Waals surface area (Å²) in [5.74, 6) is 7.20. The Morgan fingerprint density at radius 2 is 1.92 bits per heavy atom. The van der Waals surface area contributed by atoms with Gasteiger partial charge in [-0.25, -0.2) is 4.98 Å². The number of aromatic nitrogens is 2. The lowest BCUT2D eigenvalue weighted by Crippen LogP contribution is -2.17. The van der Waals surface area contributed by atoms with Crippen LogP contribution >= 0.6 is 0 Å². The molecular formula is C22H25N3O. The van der Waals surface area contributed by atoms with E-state index in [9.17, 15) is 0 Å². The van der Waals surface area contributed by atoms with Crippen LogP contribution in [0.2, 0.25) is 0 Å². The molecule has 0 radical (unpaired) electrons. The minimum absolute atomic E-state index is 0.255. The van der Waals surface area contributed by atoms with Crippen molar-refractivity contribution >= 4 is 5.71 Å². The minimum Gasteiger partial charge on any atom is -0.392 e. The molecule has 4 nitrogen and oxygen atoms in total. The Bertz CT molecular complexity index is 786. The second kappa shape index (κ2) is 8.23. The summed E-state index contributed by atoms with van der Waals surface area (Å²) in [4.78, 5) is 10.0. The zero-order valence-electron chi connectivity index (χ0n) is 15.1. The number of nitrogens with zero attached hydrogens (tertiary/aromatic N) is 3. The molecule has 1 aromatic carbocycles. The zero-order valence-corrected chi connectivity index (χ0v) is 15.1. The van der Waals surface area contributed by atoms with Crippen molar-refractivity contribution in [3.8, 4) is 11.8 Å². The molecule has 0 aliphatic heterocycles. The van der Waals surface area contributed by atoms with Gasteiger partial charge < -0.3 is 9.40 Å². The monoisotopic (exact) mass is 347 g/mol. The lowest BCUT2D eigenvalue weighted by molar-refractivity contribution is 0.0326. The second-order valence-corrected chi connectivity index (χ2v) is 7.26. The summed E-state index contributed by atoms with van der Waals surface area (Å²) in [7, 11) is 0. The molecule has 0 saturated heterocycles. The first kappa shape index (κ1) is 16.9. The van der Waals surface area contributed by atoms with Crippen LogP contribution in [0.5, 0.6) is 0 Å². The van der Waals surface area contributed by atoms with Crippen molar-refractivity contribution in [3.63, 3.8) is 0 Å². The Balaban J connectivity index is 1.50. The van der Waals surface area contributed by atoms with Crippen LogP contribution in [-0.2, 0) is 11.4 Å². The van der Waals surface area contributed by atoms with E-state index >= 15 is 0 Å². The number of hydrogen-bond donors (Lipinski definition) is 0. The highest BCUT2D eigenvalue weighted by molar-refractivity contribution is 6.00. The number of oxime groups is 1. The molecule has 2 saturated carbocycles. The average Bonchev–Trinajstić information content (AvgIpc) is 3.39. The van der Waals surface area contributed by atoms with Gasteiger partial charge in [0, 0.05) is 29.4 Å². The highest BCUT2D eigenvalue weighted by Crippen LogP contribution is 2.27. The highest BCUT2D eigenvalue weighted by Gasteiger charge is 2.18. The van der Waals surface area contributed by atoms with Gasteiger partial charge in [0.05, 0.1) is 12.9 Å². The van der Waals surface area contributed by atoms with Crippen LogP contribution in [0.3, 0.4) is 0 Å². The molecule has 2 aliphatic carbocycles. The van der Waals surface area contributed by atoms with Crippen LogP contribution in [0, 0.1) is 17.8 Å². The molecule has 4 rings (SSSR count). The van der Waals surface area contributed by atoms with Gasteiger partial charge in [0.15, 0.2) is 0 Å². The molecule has 0 amide bonds. The zero-order chi connectivity index (χ0) is 17.6. The van der Waals surface area contributed by atoms with Gasteiger partial charge >= 0.3 is 0 Å². The second-order valence-electron chi connectivity index (χ2n) is 7.26. The van der Waals surface area contributed by atoms with E-state index in [0.717, 1.165) is 29.7 Å². The van der Waals surface area contributed by atoms with Gasteiger partial charge in [0.25, 0.3) is 0 Å². The molecule has 0 unspecified atom stereocenters. The van der Waals surface area contributed by atoms with Gasteiger partial charge in [-0.15, -0.1) is 0 Å². The van der Waals surface area contributed by atoms with Crippen molar-refractivity contribution < 1.29 is 4.84 Å². The predicted octanol–water partition coefficient (Wildman–Crippen LogP) is 4.40. The van der Waals surface area contributed by atoms with E-state index in [0.29, 0.717) is 12.5 Å². The van der Waals surface area contributed by atoms with Gasteiger partial charge in [-0.05, 0) is 50.7 Å². The third-order valence-electron chi connectivity index (χ3n) is 4.97. The first-order valence-electron chi connectivity index (χ1n) is 9.67. The van der Waals surface area contributed by atoms with Crippen molar-refractivity contribution in [3.05, 3.63) is 54.1 Å². The molecular weight excluding hydrogens is 322 g/mol. The van der Waals surface area contributed by atoms with E-state index in [2.05, 4.69) is 46.2 Å². The first-order chi connectivity index (χ1) is 12.9. The van der Waals surface area contributed by atoms with Gasteiger partial charge in [-0.3, -0.25) is 0 Å². The van der Waals surface area contributed by atoms with Gasteiger partial charge in [0.1, 0.15) is 11.8 Å². The third kappa shape index (κ3) is 4.76. The molecule has 2 aromatic rings. The summed E-state index contributed by atoms with van der Waals surface area (Å²) in [5.41, 5.74) is 3.07. The molecule has 1 heterocycles. The van der Waals surface area contributed by atoms with Crippen LogP contribution in [0.1, 0.15) is 56.1 Å². The maximum absolute atomic E-state index is 5.89. The first-order valence-corrected chi connectivity index (χ1v) is 9.67. The van der Waals surface area contributed by atoms with E-state index in [1.54, 1.807) is 6.20 Å². The number of hydrogen-bond acceptors (Lipinski definition) is 3. The van der Waals surface area contributed by atoms with Crippen LogP contribution in [0.15, 0.2) is 48.1 Å². The van der Waals surface area contributed by atoms with Crippen molar-refractivity contribution in [1.82, 2.24) is 9.55 Å². The predicted molar refractivity (Wildman–Crippen MR) is 103 cm³/mol. The summed E-state index contributed by atoms with van der Waals surface area (Å²) in [6.07, 6.45) is 14.3. The van der Waals surface area contributed by atoms with E-state index < -0.39 is 0 Å². The molecule has 134 valence electrons. The molecule has 2 fully saturated rings. The Hall–Kier alpha value is -2.54. The fraction of sp³-hybridized carbons (Fsp3) is 0.455. The Labute approximate surface area is 155 Å². The SMILES string of the molecule is C(#CC1CC1)c1ccc(/C(Cn2ccnc2)=N/OC2CCCCC2)cc1. The van der Waals surface area contributed by atoms with Crippen molar-refractivity contribution in [2.24, 2.45) is 11.1 Å². The Morgan fingerprint density at radius 3 is 2.62 bits per heavy atom. The standard InChI is InChI=1S/C22H25N3O/c1-2-4-21(5-3-1)26-24-22(16-25-15-14-23-17-25)20-12-10-19(11-13-20)9-8-18-6-7-18/h10-15,17-18,21H,1-7,16H2/b24-22+. The summed E-state index contributed by atoms with van der Waals surface area (Å²) in [6.45, 7) is 0.653.